The zero-order valence-corrected chi connectivity index (χ0v) is 16.3. The van der Waals surface area contributed by atoms with E-state index >= 15 is 0 Å². The van der Waals surface area contributed by atoms with Gasteiger partial charge in [-0.3, -0.25) is 15.0 Å². The van der Waals surface area contributed by atoms with Gasteiger partial charge in [0.25, 0.3) is 11.8 Å². The highest BCUT2D eigenvalue weighted by Gasteiger charge is 2.34. The summed E-state index contributed by atoms with van der Waals surface area (Å²) < 4.78 is 5.77. The number of nitrogens with one attached hydrogen (secondary N) is 1. The lowest BCUT2D eigenvalue weighted by Crippen LogP contribution is -2.35. The highest BCUT2D eigenvalue weighted by molar-refractivity contribution is 6.31. The normalized spacial score (nSPS) is 14.6. The number of ether oxygens (including phenoxy) is 1. The second kappa shape index (κ2) is 8.54. The molecule has 0 bridgehead atoms. The van der Waals surface area contributed by atoms with Crippen molar-refractivity contribution in [1.29, 1.82) is 0 Å². The number of rotatable bonds is 6. The number of aromatic carboxylic acids is 1. The maximum absolute atomic E-state index is 12.7. The maximum Gasteiger partial charge on any atom is 0.335 e. The minimum atomic E-state index is -0.982. The molecular weight excluding hydrogens is 396 g/mol. The fourth-order valence-corrected chi connectivity index (χ4v) is 3.09. The number of carbonyl (C=O) groups excluding carboxylic acids is 2. The van der Waals surface area contributed by atoms with Crippen molar-refractivity contribution in [3.8, 4) is 5.75 Å². The average Bonchev–Trinajstić information content (AvgIpc) is 3.07. The first-order valence-corrected chi connectivity index (χ1v) is 9.48. The summed E-state index contributed by atoms with van der Waals surface area (Å²) in [7, 11) is 0. The first kappa shape index (κ1) is 19.9. The summed E-state index contributed by atoms with van der Waals surface area (Å²) in [5.41, 5.74) is 4.85. The van der Waals surface area contributed by atoms with Crippen molar-refractivity contribution in [2.75, 3.05) is 5.01 Å². The number of hydrogen-bond donors (Lipinski definition) is 2. The van der Waals surface area contributed by atoms with Crippen molar-refractivity contribution in [3.05, 3.63) is 101 Å². The third kappa shape index (κ3) is 4.45. The zero-order valence-electron chi connectivity index (χ0n) is 16.3. The van der Waals surface area contributed by atoms with Crippen LogP contribution in [0.1, 0.15) is 21.5 Å². The van der Waals surface area contributed by atoms with E-state index in [-0.39, 0.29) is 17.7 Å². The predicted molar refractivity (Wildman–Crippen MR) is 114 cm³/mol. The van der Waals surface area contributed by atoms with Gasteiger partial charge in [-0.25, -0.2) is 9.80 Å². The molecule has 1 heterocycles. The Hall–Kier alpha value is -4.39. The summed E-state index contributed by atoms with van der Waals surface area (Å²) >= 11 is 0. The fourth-order valence-electron chi connectivity index (χ4n) is 3.09. The molecule has 31 heavy (non-hydrogen) atoms. The van der Waals surface area contributed by atoms with E-state index < -0.39 is 17.8 Å². The molecule has 2 amide bonds. The van der Waals surface area contributed by atoms with Gasteiger partial charge < -0.3 is 9.84 Å². The molecule has 2 N–H and O–H groups in total. The van der Waals surface area contributed by atoms with Gasteiger partial charge in [0.1, 0.15) is 17.9 Å². The molecule has 0 aliphatic carbocycles. The number of hydrazine groups is 1. The van der Waals surface area contributed by atoms with Crippen molar-refractivity contribution in [2.24, 2.45) is 0 Å². The van der Waals surface area contributed by atoms with E-state index in [4.69, 9.17) is 9.84 Å². The Balaban J connectivity index is 1.48. The lowest BCUT2D eigenvalue weighted by molar-refractivity contribution is -0.117. The minimum Gasteiger partial charge on any atom is -0.489 e. The SMILES string of the molecule is O=C1NN(c2ccccc2)C(=O)/C1=C\c1cccc(OCc2ccc(C(=O)O)cc2)c1. The number of carboxylic acid groups (broad SMARTS) is 1. The van der Waals surface area contributed by atoms with Crippen molar-refractivity contribution in [3.63, 3.8) is 0 Å². The summed E-state index contributed by atoms with van der Waals surface area (Å²) in [6.45, 7) is 0.251. The molecule has 0 spiro atoms. The van der Waals surface area contributed by atoms with Gasteiger partial charge in [-0.05, 0) is 53.6 Å². The lowest BCUT2D eigenvalue weighted by atomic mass is 10.1. The van der Waals surface area contributed by atoms with Crippen molar-refractivity contribution in [1.82, 2.24) is 5.43 Å². The number of carboxylic acids is 1. The van der Waals surface area contributed by atoms with Crippen LogP contribution in [0.15, 0.2) is 84.4 Å². The van der Waals surface area contributed by atoms with E-state index in [1.165, 1.54) is 23.2 Å². The molecule has 3 aromatic rings. The van der Waals surface area contributed by atoms with Gasteiger partial charge in [0.2, 0.25) is 0 Å². The summed E-state index contributed by atoms with van der Waals surface area (Å²) in [6, 6.07) is 22.3. The highest BCUT2D eigenvalue weighted by atomic mass is 16.5. The first-order valence-electron chi connectivity index (χ1n) is 9.48. The van der Waals surface area contributed by atoms with Crippen LogP contribution in [0.3, 0.4) is 0 Å². The Kier molecular flexibility index (Phi) is 5.49. The topological polar surface area (TPSA) is 95.9 Å². The Morgan fingerprint density at radius 3 is 2.42 bits per heavy atom. The van der Waals surface area contributed by atoms with Gasteiger partial charge in [-0.2, -0.15) is 0 Å². The van der Waals surface area contributed by atoms with Gasteiger partial charge in [0.15, 0.2) is 0 Å². The van der Waals surface area contributed by atoms with Gasteiger partial charge >= 0.3 is 5.97 Å². The summed E-state index contributed by atoms with van der Waals surface area (Å²) in [6.07, 6.45) is 1.52. The van der Waals surface area contributed by atoms with Crippen molar-refractivity contribution in [2.45, 2.75) is 6.61 Å². The second-order valence-electron chi connectivity index (χ2n) is 6.84. The molecule has 1 aliphatic heterocycles. The molecule has 4 rings (SSSR count). The van der Waals surface area contributed by atoms with Gasteiger partial charge in [0, 0.05) is 0 Å². The summed E-state index contributed by atoms with van der Waals surface area (Å²) in [5, 5.41) is 10.2. The summed E-state index contributed by atoms with van der Waals surface area (Å²) in [4.78, 5) is 35.9. The van der Waals surface area contributed by atoms with Crippen LogP contribution in [0.25, 0.3) is 6.08 Å². The number of benzene rings is 3. The largest absolute Gasteiger partial charge is 0.489 e. The molecule has 1 fully saturated rings. The van der Waals surface area contributed by atoms with E-state index in [0.717, 1.165) is 5.56 Å². The zero-order chi connectivity index (χ0) is 21.8. The Bertz CT molecular complexity index is 1170. The van der Waals surface area contributed by atoms with Crippen LogP contribution in [0.2, 0.25) is 0 Å². The van der Waals surface area contributed by atoms with E-state index in [2.05, 4.69) is 5.43 Å². The van der Waals surface area contributed by atoms with E-state index in [1.807, 2.05) is 6.07 Å². The first-order chi connectivity index (χ1) is 15.0. The lowest BCUT2D eigenvalue weighted by Gasteiger charge is -2.13. The fraction of sp³-hybridized carbons (Fsp3) is 0.0417. The third-order valence-corrected chi connectivity index (χ3v) is 4.68. The molecule has 7 nitrogen and oxygen atoms in total. The molecular formula is C24H18N2O5. The van der Waals surface area contributed by atoms with Crippen LogP contribution in [0.4, 0.5) is 5.69 Å². The predicted octanol–water partition coefficient (Wildman–Crippen LogP) is 3.43. The van der Waals surface area contributed by atoms with Gasteiger partial charge in [0.05, 0.1) is 11.3 Å². The monoisotopic (exact) mass is 414 g/mol. The molecule has 0 unspecified atom stereocenters. The van der Waals surface area contributed by atoms with Crippen LogP contribution >= 0.6 is 0 Å². The Labute approximate surface area is 178 Å². The molecule has 0 radical (unpaired) electrons. The number of anilines is 1. The van der Waals surface area contributed by atoms with Crippen molar-refractivity contribution < 1.29 is 24.2 Å². The quantitative estimate of drug-likeness (QED) is 0.476. The van der Waals surface area contributed by atoms with E-state index in [9.17, 15) is 14.4 Å². The molecule has 1 saturated heterocycles. The maximum atomic E-state index is 12.7. The average molecular weight is 414 g/mol. The number of amides is 2. The molecule has 0 atom stereocenters. The van der Waals surface area contributed by atoms with Gasteiger partial charge in [-0.1, -0.05) is 42.5 Å². The molecule has 3 aromatic carbocycles. The van der Waals surface area contributed by atoms with Crippen LogP contribution in [0.5, 0.6) is 5.75 Å². The Morgan fingerprint density at radius 1 is 0.968 bits per heavy atom. The van der Waals surface area contributed by atoms with Gasteiger partial charge in [-0.15, -0.1) is 0 Å². The van der Waals surface area contributed by atoms with Crippen LogP contribution in [-0.2, 0) is 16.2 Å². The Morgan fingerprint density at radius 2 is 1.71 bits per heavy atom. The van der Waals surface area contributed by atoms with E-state index in [1.54, 1.807) is 60.7 Å². The standard InChI is InChI=1S/C24H18N2O5/c27-22-21(23(28)26(25-22)19-6-2-1-3-7-19)14-17-5-4-8-20(13-17)31-15-16-9-11-18(12-10-16)24(29)30/h1-14H,15H2,(H,25,27)(H,29,30)/b21-14-. The molecule has 7 heteroatoms. The van der Waals surface area contributed by atoms with Crippen LogP contribution in [0, 0.1) is 0 Å². The molecule has 154 valence electrons. The smallest absolute Gasteiger partial charge is 0.335 e. The van der Waals surface area contributed by atoms with Crippen LogP contribution < -0.4 is 15.2 Å². The highest BCUT2D eigenvalue weighted by Crippen LogP contribution is 2.23. The summed E-state index contributed by atoms with van der Waals surface area (Å²) in [5.74, 6) is -1.33. The minimum absolute atomic E-state index is 0.0327. The second-order valence-corrected chi connectivity index (χ2v) is 6.84. The number of hydrogen-bond acceptors (Lipinski definition) is 4. The molecule has 0 saturated carbocycles. The number of para-hydroxylation sites is 1. The van der Waals surface area contributed by atoms with Crippen molar-refractivity contribution >= 4 is 29.5 Å². The molecule has 1 aliphatic rings. The molecule has 0 aromatic heterocycles. The third-order valence-electron chi connectivity index (χ3n) is 4.68. The number of nitrogens with zero attached hydrogens (tertiary/aromatic N) is 1. The van der Waals surface area contributed by atoms with Crippen LogP contribution in [-0.4, -0.2) is 22.9 Å². The number of carbonyl (C=O) groups is 3. The van der Waals surface area contributed by atoms with E-state index in [0.29, 0.717) is 17.0 Å².